The van der Waals surface area contributed by atoms with Crippen molar-refractivity contribution in [3.05, 3.63) is 82.2 Å². The number of anilines is 2. The van der Waals surface area contributed by atoms with Gasteiger partial charge in [0, 0.05) is 22.5 Å². The van der Waals surface area contributed by atoms with Crippen LogP contribution in [0.25, 0.3) is 0 Å². The summed E-state index contributed by atoms with van der Waals surface area (Å²) >= 11 is 11.8. The first-order valence-corrected chi connectivity index (χ1v) is 10.6. The molecule has 0 saturated carbocycles. The van der Waals surface area contributed by atoms with E-state index in [2.05, 4.69) is 15.8 Å². The van der Waals surface area contributed by atoms with Gasteiger partial charge in [-0.2, -0.15) is 0 Å². The van der Waals surface area contributed by atoms with Crippen LogP contribution in [0.5, 0.6) is 5.75 Å². The zero-order valence-corrected chi connectivity index (χ0v) is 19.3. The molecule has 2 N–H and O–H groups in total. The molecule has 0 unspecified atom stereocenters. The van der Waals surface area contributed by atoms with Crippen molar-refractivity contribution in [2.24, 2.45) is 0 Å². The minimum absolute atomic E-state index is 0.315. The van der Waals surface area contributed by atoms with Gasteiger partial charge in [-0.15, -0.1) is 0 Å². The van der Waals surface area contributed by atoms with Gasteiger partial charge in [-0.05, 0) is 68.0 Å². The van der Waals surface area contributed by atoms with Crippen molar-refractivity contribution in [3.8, 4) is 5.75 Å². The molecule has 1 amide bonds. The quantitative estimate of drug-likeness (QED) is 0.510. The van der Waals surface area contributed by atoms with Crippen molar-refractivity contribution in [1.29, 1.82) is 0 Å². The van der Waals surface area contributed by atoms with Crippen molar-refractivity contribution in [2.75, 3.05) is 17.3 Å². The molecule has 164 valence electrons. The van der Waals surface area contributed by atoms with Crippen LogP contribution in [-0.2, 0) is 4.79 Å². The lowest BCUT2D eigenvalue weighted by atomic mass is 9.94. The normalized spacial score (nSPS) is 16.1. The van der Waals surface area contributed by atoms with Crippen LogP contribution >= 0.6 is 23.8 Å². The number of hydrogen-bond donors (Lipinski definition) is 2. The summed E-state index contributed by atoms with van der Waals surface area (Å²) in [5.41, 5.74) is 2.85. The average molecular weight is 469 g/mol. The van der Waals surface area contributed by atoms with Gasteiger partial charge < -0.3 is 19.9 Å². The number of rotatable bonds is 5. The number of halogens is 1. The third-order valence-electron chi connectivity index (χ3n) is 5.13. The van der Waals surface area contributed by atoms with Crippen molar-refractivity contribution in [1.82, 2.24) is 10.5 Å². The van der Waals surface area contributed by atoms with Crippen LogP contribution < -0.4 is 20.3 Å². The Bertz CT molecular complexity index is 1190. The molecule has 1 aliphatic rings. The third-order valence-corrected chi connectivity index (χ3v) is 5.69. The molecule has 3 aromatic rings. The zero-order chi connectivity index (χ0) is 22.8. The highest BCUT2D eigenvalue weighted by atomic mass is 35.5. The Labute approximate surface area is 196 Å². The highest BCUT2D eigenvalue weighted by molar-refractivity contribution is 7.80. The van der Waals surface area contributed by atoms with Crippen LogP contribution in [0.4, 0.5) is 11.5 Å². The number of benzene rings is 2. The molecule has 9 heteroatoms. The molecule has 0 bridgehead atoms. The number of carbonyl (C=O) groups excluding carboxylic acids is 1. The van der Waals surface area contributed by atoms with E-state index in [9.17, 15) is 4.79 Å². The van der Waals surface area contributed by atoms with Crippen LogP contribution in [0.1, 0.15) is 24.3 Å². The lowest BCUT2D eigenvalue weighted by molar-refractivity contribution is -0.113. The fourth-order valence-corrected chi connectivity index (χ4v) is 4.08. The number of amides is 1. The summed E-state index contributed by atoms with van der Waals surface area (Å²) in [6.45, 7) is 3.62. The van der Waals surface area contributed by atoms with E-state index in [1.54, 1.807) is 32.2 Å². The number of aryl methyl sites for hydroxylation is 1. The maximum absolute atomic E-state index is 13.4. The number of thiocarbonyl (C=S) groups is 1. The number of allylic oxidation sites excluding steroid dienone is 1. The number of nitrogens with zero attached hydrogens (tertiary/aromatic N) is 2. The molecule has 2 aromatic carbocycles. The number of nitrogens with one attached hydrogen (secondary N) is 2. The van der Waals surface area contributed by atoms with E-state index in [0.29, 0.717) is 33.0 Å². The topological polar surface area (TPSA) is 79.6 Å². The highest BCUT2D eigenvalue weighted by Gasteiger charge is 2.35. The number of hydrogen-bond acceptors (Lipinski definition) is 5. The van der Waals surface area contributed by atoms with Crippen molar-refractivity contribution in [2.45, 2.75) is 19.9 Å². The Hall–Kier alpha value is -3.36. The van der Waals surface area contributed by atoms with E-state index < -0.39 is 6.04 Å². The summed E-state index contributed by atoms with van der Waals surface area (Å²) in [7, 11) is 1.61. The Morgan fingerprint density at radius 3 is 2.47 bits per heavy atom. The van der Waals surface area contributed by atoms with Gasteiger partial charge in [0.2, 0.25) is 0 Å². The van der Waals surface area contributed by atoms with Crippen LogP contribution in [0.2, 0.25) is 5.02 Å². The van der Waals surface area contributed by atoms with E-state index in [-0.39, 0.29) is 5.91 Å². The first-order chi connectivity index (χ1) is 15.4. The molecule has 0 spiro atoms. The second kappa shape index (κ2) is 9.02. The van der Waals surface area contributed by atoms with Crippen LogP contribution in [-0.4, -0.2) is 23.3 Å². The number of aromatic nitrogens is 1. The Balaban J connectivity index is 1.78. The van der Waals surface area contributed by atoms with Crippen molar-refractivity contribution < 1.29 is 14.1 Å². The molecular formula is C23H21ClN4O3S. The number of carbonyl (C=O) groups is 1. The van der Waals surface area contributed by atoms with E-state index >= 15 is 0 Å². The molecule has 7 nitrogen and oxygen atoms in total. The summed E-state index contributed by atoms with van der Waals surface area (Å²) < 4.78 is 10.3. The highest BCUT2D eigenvalue weighted by Crippen LogP contribution is 2.35. The van der Waals surface area contributed by atoms with Gasteiger partial charge in [-0.3, -0.25) is 9.69 Å². The van der Waals surface area contributed by atoms with E-state index in [4.69, 9.17) is 33.1 Å². The number of methoxy groups -OCH3 is 1. The maximum Gasteiger partial charge on any atom is 0.257 e. The molecular weight excluding hydrogens is 448 g/mol. The lowest BCUT2D eigenvalue weighted by Crippen LogP contribution is -2.48. The summed E-state index contributed by atoms with van der Waals surface area (Å²) in [6, 6.07) is 15.9. The zero-order valence-electron chi connectivity index (χ0n) is 17.7. The second-order valence-corrected chi connectivity index (χ2v) is 8.07. The average Bonchev–Trinajstić information content (AvgIpc) is 3.18. The molecule has 0 radical (unpaired) electrons. The number of ether oxygens (including phenoxy) is 1. The smallest absolute Gasteiger partial charge is 0.257 e. The van der Waals surface area contributed by atoms with Gasteiger partial charge >= 0.3 is 0 Å². The van der Waals surface area contributed by atoms with Crippen molar-refractivity contribution in [3.63, 3.8) is 0 Å². The molecule has 1 atom stereocenters. The third kappa shape index (κ3) is 4.32. The fourth-order valence-electron chi connectivity index (χ4n) is 3.59. The van der Waals surface area contributed by atoms with Gasteiger partial charge in [-0.1, -0.05) is 28.9 Å². The minimum atomic E-state index is -0.470. The molecule has 4 rings (SSSR count). The summed E-state index contributed by atoms with van der Waals surface area (Å²) in [6.07, 6.45) is 0. The van der Waals surface area contributed by atoms with Crippen LogP contribution in [0.15, 0.2) is 70.4 Å². The predicted molar refractivity (Wildman–Crippen MR) is 128 cm³/mol. The maximum atomic E-state index is 13.4. The summed E-state index contributed by atoms with van der Waals surface area (Å²) in [5, 5.41) is 11.1. The van der Waals surface area contributed by atoms with Gasteiger partial charge in [-0.25, -0.2) is 0 Å². The van der Waals surface area contributed by atoms with Gasteiger partial charge in [0.25, 0.3) is 5.91 Å². The van der Waals surface area contributed by atoms with Gasteiger partial charge in [0.05, 0.1) is 18.7 Å². The standard InChI is InChI=1S/C23H21ClN4O3S/c1-13-12-19(27-31-13)25-22(29)20-14(2)28(17-8-10-18(30-3)11-9-17)23(32)26-21(20)15-4-6-16(24)7-5-15/h4-12,21H,1-3H3,(H,26,32)(H,25,27,29)/t21-/m1/s1. The first-order valence-electron chi connectivity index (χ1n) is 9.83. The minimum Gasteiger partial charge on any atom is -0.497 e. The summed E-state index contributed by atoms with van der Waals surface area (Å²) in [5.74, 6) is 1.35. The second-order valence-electron chi connectivity index (χ2n) is 7.24. The molecule has 0 aliphatic carbocycles. The predicted octanol–water partition coefficient (Wildman–Crippen LogP) is 4.99. The SMILES string of the molecule is COc1ccc(N2C(=S)N[C@H](c3ccc(Cl)cc3)C(C(=O)Nc3cc(C)on3)=C2C)cc1. The van der Waals surface area contributed by atoms with Crippen molar-refractivity contribution >= 4 is 46.3 Å². The Kier molecular flexibility index (Phi) is 6.16. The molecule has 2 heterocycles. The monoisotopic (exact) mass is 468 g/mol. The van der Waals surface area contributed by atoms with Crippen LogP contribution in [0.3, 0.4) is 0 Å². The molecule has 1 aromatic heterocycles. The largest absolute Gasteiger partial charge is 0.497 e. The van der Waals surface area contributed by atoms with Crippen LogP contribution in [0, 0.1) is 6.92 Å². The van der Waals surface area contributed by atoms with E-state index in [1.165, 1.54) is 0 Å². The van der Waals surface area contributed by atoms with E-state index in [1.807, 2.05) is 48.2 Å². The Morgan fingerprint density at radius 1 is 1.19 bits per heavy atom. The van der Waals surface area contributed by atoms with Gasteiger partial charge in [0.1, 0.15) is 11.5 Å². The van der Waals surface area contributed by atoms with Gasteiger partial charge in [0.15, 0.2) is 10.9 Å². The lowest BCUT2D eigenvalue weighted by Gasteiger charge is -2.38. The first kappa shape index (κ1) is 21.9. The Morgan fingerprint density at radius 2 is 1.88 bits per heavy atom. The van der Waals surface area contributed by atoms with E-state index in [0.717, 1.165) is 17.0 Å². The molecule has 0 fully saturated rings. The molecule has 32 heavy (non-hydrogen) atoms. The molecule has 0 saturated heterocycles. The summed E-state index contributed by atoms with van der Waals surface area (Å²) in [4.78, 5) is 15.2. The molecule has 1 aliphatic heterocycles. The fraction of sp³-hybridized carbons (Fsp3) is 0.174.